The number of benzene rings is 2. The average Bonchev–Trinajstić information content (AvgIpc) is 2.61. The summed E-state index contributed by atoms with van der Waals surface area (Å²) in [5, 5.41) is 0. The zero-order chi connectivity index (χ0) is 18.1. The first-order valence-corrected chi connectivity index (χ1v) is 8.40. The van der Waals surface area contributed by atoms with Crippen LogP contribution in [-0.4, -0.2) is 26.6 Å². The molecule has 2 rings (SSSR count). The fraction of sp³-hybridized carbons (Fsp3) is 0.286. The SMILES string of the molecule is CCOc1cc(C=Cc2cccc(CC=O)c2)c(OC)c(OCC)c1. The van der Waals surface area contributed by atoms with Gasteiger partial charge in [0.05, 0.1) is 20.3 Å². The standard InChI is InChI=1S/C21H24O4/c1-4-24-19-14-18(21(23-3)20(15-19)25-5-2)10-9-16-7-6-8-17(13-16)11-12-22/h6-10,12-15H,4-5,11H2,1-3H3. The van der Waals surface area contributed by atoms with E-state index in [1.165, 1.54) is 0 Å². The van der Waals surface area contributed by atoms with E-state index in [4.69, 9.17) is 14.2 Å². The Morgan fingerprint density at radius 2 is 1.80 bits per heavy atom. The van der Waals surface area contributed by atoms with Gasteiger partial charge in [-0.05, 0) is 31.0 Å². The van der Waals surface area contributed by atoms with Crippen LogP contribution in [0.25, 0.3) is 12.2 Å². The Morgan fingerprint density at radius 1 is 1.00 bits per heavy atom. The van der Waals surface area contributed by atoms with Gasteiger partial charge >= 0.3 is 0 Å². The molecule has 4 nitrogen and oxygen atoms in total. The molecule has 0 aliphatic heterocycles. The van der Waals surface area contributed by atoms with Gasteiger partial charge in [0.2, 0.25) is 0 Å². The van der Waals surface area contributed by atoms with Crippen LogP contribution in [0, 0.1) is 0 Å². The highest BCUT2D eigenvalue weighted by molar-refractivity contribution is 5.75. The molecule has 0 amide bonds. The van der Waals surface area contributed by atoms with Crippen LogP contribution < -0.4 is 14.2 Å². The van der Waals surface area contributed by atoms with Crippen LogP contribution >= 0.6 is 0 Å². The van der Waals surface area contributed by atoms with Gasteiger partial charge in [0.1, 0.15) is 12.0 Å². The van der Waals surface area contributed by atoms with E-state index in [9.17, 15) is 4.79 Å². The average molecular weight is 340 g/mol. The third-order valence-electron chi connectivity index (χ3n) is 3.60. The van der Waals surface area contributed by atoms with E-state index < -0.39 is 0 Å². The lowest BCUT2D eigenvalue weighted by Crippen LogP contribution is -1.99. The highest BCUT2D eigenvalue weighted by Gasteiger charge is 2.12. The maximum absolute atomic E-state index is 10.7. The molecule has 132 valence electrons. The van der Waals surface area contributed by atoms with Crippen LogP contribution in [0.1, 0.15) is 30.5 Å². The lowest BCUT2D eigenvalue weighted by molar-refractivity contribution is -0.107. The molecule has 0 bridgehead atoms. The van der Waals surface area contributed by atoms with Crippen molar-refractivity contribution in [3.05, 3.63) is 53.1 Å². The third kappa shape index (κ3) is 5.11. The second kappa shape index (κ2) is 9.52. The van der Waals surface area contributed by atoms with Gasteiger partial charge in [-0.3, -0.25) is 0 Å². The summed E-state index contributed by atoms with van der Waals surface area (Å²) in [7, 11) is 1.63. The Kier molecular flexibility index (Phi) is 7.08. The maximum Gasteiger partial charge on any atom is 0.168 e. The number of aldehydes is 1. The maximum atomic E-state index is 10.7. The molecule has 0 radical (unpaired) electrons. The first-order chi connectivity index (χ1) is 12.2. The first kappa shape index (κ1) is 18.6. The van der Waals surface area contributed by atoms with Crippen molar-refractivity contribution in [3.63, 3.8) is 0 Å². The van der Waals surface area contributed by atoms with Crippen molar-refractivity contribution in [3.8, 4) is 17.2 Å². The summed E-state index contributed by atoms with van der Waals surface area (Å²) < 4.78 is 16.8. The summed E-state index contributed by atoms with van der Waals surface area (Å²) >= 11 is 0. The normalized spacial score (nSPS) is 10.7. The monoisotopic (exact) mass is 340 g/mol. The topological polar surface area (TPSA) is 44.8 Å². The van der Waals surface area contributed by atoms with Crippen molar-refractivity contribution in [1.29, 1.82) is 0 Å². The first-order valence-electron chi connectivity index (χ1n) is 8.40. The van der Waals surface area contributed by atoms with Gasteiger partial charge in [0.25, 0.3) is 0 Å². The molecule has 0 spiro atoms. The van der Waals surface area contributed by atoms with Crippen molar-refractivity contribution in [2.75, 3.05) is 20.3 Å². The van der Waals surface area contributed by atoms with Crippen molar-refractivity contribution >= 4 is 18.4 Å². The van der Waals surface area contributed by atoms with E-state index >= 15 is 0 Å². The number of carbonyl (C=O) groups excluding carboxylic acids is 1. The fourth-order valence-electron chi connectivity index (χ4n) is 2.56. The molecule has 0 aromatic heterocycles. The number of carbonyl (C=O) groups is 1. The quantitative estimate of drug-likeness (QED) is 0.501. The number of methoxy groups -OCH3 is 1. The van der Waals surface area contributed by atoms with Crippen LogP contribution in [0.15, 0.2) is 36.4 Å². The van der Waals surface area contributed by atoms with E-state index in [1.54, 1.807) is 7.11 Å². The molecule has 25 heavy (non-hydrogen) atoms. The summed E-state index contributed by atoms with van der Waals surface area (Å²) in [5.74, 6) is 2.07. The molecule has 2 aromatic rings. The summed E-state index contributed by atoms with van der Waals surface area (Å²) in [6.07, 6.45) is 5.27. The van der Waals surface area contributed by atoms with Gasteiger partial charge in [-0.2, -0.15) is 0 Å². The zero-order valence-corrected chi connectivity index (χ0v) is 15.0. The molecule has 0 saturated heterocycles. The van der Waals surface area contributed by atoms with Crippen LogP contribution in [0.3, 0.4) is 0 Å². The molecular weight excluding hydrogens is 316 g/mol. The second-order valence-corrected chi connectivity index (χ2v) is 5.36. The van der Waals surface area contributed by atoms with Crippen LogP contribution in [0.2, 0.25) is 0 Å². The number of rotatable bonds is 9. The Morgan fingerprint density at radius 3 is 2.48 bits per heavy atom. The molecule has 0 saturated carbocycles. The predicted molar refractivity (Wildman–Crippen MR) is 100 cm³/mol. The summed E-state index contributed by atoms with van der Waals surface area (Å²) in [6, 6.07) is 11.6. The molecule has 0 aliphatic rings. The smallest absolute Gasteiger partial charge is 0.168 e. The Balaban J connectivity index is 2.38. The van der Waals surface area contributed by atoms with E-state index in [-0.39, 0.29) is 0 Å². The lowest BCUT2D eigenvalue weighted by Gasteiger charge is -2.14. The summed E-state index contributed by atoms with van der Waals surface area (Å²) in [4.78, 5) is 10.7. The minimum atomic E-state index is 0.416. The predicted octanol–water partition coefficient (Wildman–Crippen LogP) is 4.40. The van der Waals surface area contributed by atoms with Gasteiger partial charge in [-0.25, -0.2) is 0 Å². The molecule has 4 heteroatoms. The van der Waals surface area contributed by atoms with Crippen LogP contribution in [0.5, 0.6) is 17.2 Å². The second-order valence-electron chi connectivity index (χ2n) is 5.36. The Labute approximate surface area is 149 Å². The Hall–Kier alpha value is -2.75. The van der Waals surface area contributed by atoms with E-state index in [1.807, 2.05) is 62.4 Å². The van der Waals surface area contributed by atoms with E-state index in [2.05, 4.69) is 0 Å². The highest BCUT2D eigenvalue weighted by atomic mass is 16.5. The van der Waals surface area contributed by atoms with Gasteiger partial charge < -0.3 is 19.0 Å². The van der Waals surface area contributed by atoms with Crippen molar-refractivity contribution < 1.29 is 19.0 Å². The Bertz CT molecular complexity index is 735. The van der Waals surface area contributed by atoms with Gasteiger partial charge in [-0.15, -0.1) is 0 Å². The number of hydrogen-bond acceptors (Lipinski definition) is 4. The van der Waals surface area contributed by atoms with Gasteiger partial charge in [0, 0.05) is 18.1 Å². The third-order valence-corrected chi connectivity index (χ3v) is 3.60. The molecule has 0 atom stereocenters. The van der Waals surface area contributed by atoms with Crippen LogP contribution in [0.4, 0.5) is 0 Å². The van der Waals surface area contributed by atoms with Gasteiger partial charge in [-0.1, -0.05) is 36.4 Å². The van der Waals surface area contributed by atoms with Crippen molar-refractivity contribution in [1.82, 2.24) is 0 Å². The molecule has 2 aromatic carbocycles. The number of ether oxygens (including phenoxy) is 3. The molecule has 0 fully saturated rings. The minimum absolute atomic E-state index is 0.416. The van der Waals surface area contributed by atoms with Crippen LogP contribution in [-0.2, 0) is 11.2 Å². The molecule has 0 aliphatic carbocycles. The van der Waals surface area contributed by atoms with Crippen molar-refractivity contribution in [2.24, 2.45) is 0 Å². The van der Waals surface area contributed by atoms with Crippen molar-refractivity contribution in [2.45, 2.75) is 20.3 Å². The molecule has 0 unspecified atom stereocenters. The van der Waals surface area contributed by atoms with E-state index in [0.717, 1.165) is 28.7 Å². The van der Waals surface area contributed by atoms with Gasteiger partial charge in [0.15, 0.2) is 11.5 Å². The molecule has 0 N–H and O–H groups in total. The highest BCUT2D eigenvalue weighted by Crippen LogP contribution is 2.37. The lowest BCUT2D eigenvalue weighted by atomic mass is 10.1. The molecular formula is C21H24O4. The fourth-order valence-corrected chi connectivity index (χ4v) is 2.56. The summed E-state index contributed by atoms with van der Waals surface area (Å²) in [5.41, 5.74) is 2.88. The number of hydrogen-bond donors (Lipinski definition) is 0. The van der Waals surface area contributed by atoms with E-state index in [0.29, 0.717) is 31.1 Å². The summed E-state index contributed by atoms with van der Waals surface area (Å²) in [6.45, 7) is 5.00. The minimum Gasteiger partial charge on any atom is -0.494 e. The molecule has 0 heterocycles. The zero-order valence-electron chi connectivity index (χ0n) is 15.0. The largest absolute Gasteiger partial charge is 0.494 e.